The molecule has 3 rings (SSSR count). The Hall–Kier alpha value is -3.09. The van der Waals surface area contributed by atoms with Crippen LogP contribution in [0.15, 0.2) is 48.5 Å². The number of benzene rings is 2. The first kappa shape index (κ1) is 19.7. The lowest BCUT2D eigenvalue weighted by molar-refractivity contribution is -0.384. The van der Waals surface area contributed by atoms with Crippen LogP contribution in [-0.4, -0.2) is 41.9 Å². The number of rotatable bonds is 6. The van der Waals surface area contributed by atoms with Crippen molar-refractivity contribution >= 4 is 23.0 Å². The fourth-order valence-corrected chi connectivity index (χ4v) is 3.36. The van der Waals surface area contributed by atoms with Gasteiger partial charge >= 0.3 is 0 Å². The average molecular weight is 382 g/mol. The van der Waals surface area contributed by atoms with Crippen LogP contribution in [0.2, 0.25) is 0 Å². The highest BCUT2D eigenvalue weighted by atomic mass is 16.6. The molecule has 7 nitrogen and oxygen atoms in total. The Morgan fingerprint density at radius 2 is 1.79 bits per heavy atom. The van der Waals surface area contributed by atoms with E-state index in [0.717, 1.165) is 11.3 Å². The minimum absolute atomic E-state index is 0.000265. The zero-order chi connectivity index (χ0) is 20.1. The van der Waals surface area contributed by atoms with E-state index < -0.39 is 0 Å². The number of nitrogens with one attached hydrogen (secondary N) is 1. The van der Waals surface area contributed by atoms with E-state index in [1.807, 2.05) is 55.1 Å². The first-order valence-electron chi connectivity index (χ1n) is 9.55. The lowest BCUT2D eigenvalue weighted by Gasteiger charge is -2.37. The molecule has 1 heterocycles. The number of carbonyl (C=O) groups is 1. The molecule has 0 atom stereocenters. The van der Waals surface area contributed by atoms with Crippen LogP contribution in [0.4, 0.5) is 17.1 Å². The Morgan fingerprint density at radius 1 is 1.11 bits per heavy atom. The molecule has 1 aliphatic heterocycles. The topological polar surface area (TPSA) is 78.7 Å². The second kappa shape index (κ2) is 8.73. The van der Waals surface area contributed by atoms with Gasteiger partial charge in [0, 0.05) is 50.4 Å². The molecule has 2 aromatic rings. The summed E-state index contributed by atoms with van der Waals surface area (Å²) in [5.41, 5.74) is 2.56. The predicted molar refractivity (Wildman–Crippen MR) is 110 cm³/mol. The molecule has 0 saturated carbocycles. The van der Waals surface area contributed by atoms with Gasteiger partial charge in [-0.25, -0.2) is 0 Å². The molecule has 0 radical (unpaired) electrons. The van der Waals surface area contributed by atoms with Crippen LogP contribution < -0.4 is 10.2 Å². The first-order valence-corrected chi connectivity index (χ1v) is 9.55. The predicted octanol–water partition coefficient (Wildman–Crippen LogP) is 3.51. The van der Waals surface area contributed by atoms with Gasteiger partial charge in [-0.15, -0.1) is 0 Å². The molecule has 1 saturated heterocycles. The van der Waals surface area contributed by atoms with Crippen molar-refractivity contribution in [3.63, 3.8) is 0 Å². The van der Waals surface area contributed by atoms with Crippen LogP contribution in [-0.2, 0) is 11.3 Å². The largest absolute Gasteiger partial charge is 0.375 e. The van der Waals surface area contributed by atoms with E-state index in [1.165, 1.54) is 0 Å². The number of piperazine rings is 1. The Labute approximate surface area is 165 Å². The summed E-state index contributed by atoms with van der Waals surface area (Å²) < 4.78 is 0. The summed E-state index contributed by atoms with van der Waals surface area (Å²) in [6.07, 6.45) is 0. The van der Waals surface area contributed by atoms with Gasteiger partial charge in [-0.05, 0) is 17.7 Å². The third-order valence-corrected chi connectivity index (χ3v) is 4.95. The van der Waals surface area contributed by atoms with Gasteiger partial charge in [-0.2, -0.15) is 0 Å². The minimum atomic E-state index is -0.365. The lowest BCUT2D eigenvalue weighted by Crippen LogP contribution is -2.49. The Bertz CT molecular complexity index is 831. The molecule has 0 bridgehead atoms. The van der Waals surface area contributed by atoms with E-state index in [-0.39, 0.29) is 22.4 Å². The number of nitro groups is 1. The number of hydrogen-bond acceptors (Lipinski definition) is 5. The fourth-order valence-electron chi connectivity index (χ4n) is 3.36. The maximum absolute atomic E-state index is 12.2. The van der Waals surface area contributed by atoms with E-state index in [2.05, 4.69) is 10.2 Å². The second-order valence-electron chi connectivity index (χ2n) is 7.26. The van der Waals surface area contributed by atoms with Crippen molar-refractivity contribution in [1.82, 2.24) is 4.90 Å². The van der Waals surface area contributed by atoms with Crippen LogP contribution in [0.25, 0.3) is 0 Å². The van der Waals surface area contributed by atoms with Gasteiger partial charge in [0.25, 0.3) is 5.69 Å². The highest BCUT2D eigenvalue weighted by Crippen LogP contribution is 2.30. The summed E-state index contributed by atoms with van der Waals surface area (Å²) in [5.74, 6) is 0.174. The molecule has 1 aliphatic rings. The van der Waals surface area contributed by atoms with Crippen LogP contribution in [0.5, 0.6) is 0 Å². The maximum Gasteiger partial charge on any atom is 0.292 e. The Kier molecular flexibility index (Phi) is 6.13. The van der Waals surface area contributed by atoms with Crippen molar-refractivity contribution in [2.75, 3.05) is 36.4 Å². The van der Waals surface area contributed by atoms with Crippen molar-refractivity contribution < 1.29 is 9.72 Å². The molecule has 1 amide bonds. The number of hydrogen-bond donors (Lipinski definition) is 1. The average Bonchev–Trinajstić information content (AvgIpc) is 2.72. The molecule has 2 aromatic carbocycles. The molecule has 0 spiro atoms. The van der Waals surface area contributed by atoms with Crippen molar-refractivity contribution in [2.45, 2.75) is 20.4 Å². The third kappa shape index (κ3) is 4.60. The molecule has 1 N–H and O–H groups in total. The number of anilines is 2. The van der Waals surface area contributed by atoms with E-state index in [4.69, 9.17) is 0 Å². The normalized spacial score (nSPS) is 14.2. The minimum Gasteiger partial charge on any atom is -0.375 e. The van der Waals surface area contributed by atoms with Gasteiger partial charge in [0.05, 0.1) is 4.92 Å². The summed E-state index contributed by atoms with van der Waals surface area (Å²) in [6, 6.07) is 15.0. The van der Waals surface area contributed by atoms with Gasteiger partial charge in [0.1, 0.15) is 5.69 Å². The van der Waals surface area contributed by atoms with Crippen molar-refractivity contribution in [1.29, 1.82) is 0 Å². The smallest absolute Gasteiger partial charge is 0.292 e. The number of nitrogens with zero attached hydrogens (tertiary/aromatic N) is 3. The van der Waals surface area contributed by atoms with Gasteiger partial charge in [-0.1, -0.05) is 44.2 Å². The molecule has 0 aromatic heterocycles. The van der Waals surface area contributed by atoms with Crippen LogP contribution in [0, 0.1) is 16.0 Å². The Morgan fingerprint density at radius 3 is 2.39 bits per heavy atom. The molecular formula is C21H26N4O3. The van der Waals surface area contributed by atoms with Gasteiger partial charge in [-0.3, -0.25) is 14.9 Å². The number of amides is 1. The fraction of sp³-hybridized carbons (Fsp3) is 0.381. The van der Waals surface area contributed by atoms with Crippen LogP contribution in [0.3, 0.4) is 0 Å². The van der Waals surface area contributed by atoms with E-state index in [1.54, 1.807) is 12.1 Å². The number of carbonyl (C=O) groups excluding carboxylic acids is 1. The summed E-state index contributed by atoms with van der Waals surface area (Å²) in [4.78, 5) is 27.3. The lowest BCUT2D eigenvalue weighted by atomic mass is 10.1. The van der Waals surface area contributed by atoms with E-state index in [9.17, 15) is 14.9 Å². The molecule has 28 heavy (non-hydrogen) atoms. The third-order valence-electron chi connectivity index (χ3n) is 4.95. The summed E-state index contributed by atoms with van der Waals surface area (Å²) in [5, 5.41) is 14.6. The molecular weight excluding hydrogens is 356 g/mol. The van der Waals surface area contributed by atoms with E-state index >= 15 is 0 Å². The summed E-state index contributed by atoms with van der Waals surface area (Å²) in [6.45, 7) is 7.11. The first-order chi connectivity index (χ1) is 13.5. The monoisotopic (exact) mass is 382 g/mol. The van der Waals surface area contributed by atoms with E-state index in [0.29, 0.717) is 38.4 Å². The van der Waals surface area contributed by atoms with Gasteiger partial charge in [0.15, 0.2) is 0 Å². The summed E-state index contributed by atoms with van der Waals surface area (Å²) in [7, 11) is 0. The standard InChI is InChI=1S/C21H26N4O3/c1-16(2)21(26)24-12-10-23(11-13-24)18-8-9-20(25(27)28)19(14-18)22-15-17-6-4-3-5-7-17/h3-9,14,16,22H,10-13,15H2,1-2H3. The highest BCUT2D eigenvalue weighted by molar-refractivity contribution is 5.78. The molecule has 0 aliphatic carbocycles. The molecule has 1 fully saturated rings. The highest BCUT2D eigenvalue weighted by Gasteiger charge is 2.24. The zero-order valence-corrected chi connectivity index (χ0v) is 16.3. The number of nitro benzene ring substituents is 1. The molecule has 148 valence electrons. The Balaban J connectivity index is 1.72. The molecule has 7 heteroatoms. The zero-order valence-electron chi connectivity index (χ0n) is 16.3. The molecule has 0 unspecified atom stereocenters. The van der Waals surface area contributed by atoms with Crippen molar-refractivity contribution in [3.05, 3.63) is 64.2 Å². The van der Waals surface area contributed by atoms with Gasteiger partial charge in [0.2, 0.25) is 5.91 Å². The maximum atomic E-state index is 12.2. The van der Waals surface area contributed by atoms with Crippen molar-refractivity contribution in [2.24, 2.45) is 5.92 Å². The van der Waals surface area contributed by atoms with Crippen molar-refractivity contribution in [3.8, 4) is 0 Å². The van der Waals surface area contributed by atoms with Gasteiger partial charge < -0.3 is 15.1 Å². The summed E-state index contributed by atoms with van der Waals surface area (Å²) >= 11 is 0. The SMILES string of the molecule is CC(C)C(=O)N1CCN(c2ccc([N+](=O)[O-])c(NCc3ccccc3)c2)CC1. The quantitative estimate of drug-likeness (QED) is 0.611. The second-order valence-corrected chi connectivity index (χ2v) is 7.26. The van der Waals surface area contributed by atoms with Crippen LogP contribution >= 0.6 is 0 Å². The van der Waals surface area contributed by atoms with Crippen LogP contribution in [0.1, 0.15) is 19.4 Å².